The predicted octanol–water partition coefficient (Wildman–Crippen LogP) is 3.98. The Balaban J connectivity index is 1.67. The van der Waals surface area contributed by atoms with Crippen LogP contribution in [0.2, 0.25) is 0 Å². The first-order valence-electron chi connectivity index (χ1n) is 9.32. The van der Waals surface area contributed by atoms with Crippen molar-refractivity contribution in [3.05, 3.63) is 42.6 Å². The van der Waals surface area contributed by atoms with Gasteiger partial charge in [-0.15, -0.1) is 18.3 Å². The van der Waals surface area contributed by atoms with Gasteiger partial charge in [0, 0.05) is 18.5 Å². The van der Waals surface area contributed by atoms with E-state index in [1.165, 1.54) is 42.8 Å². The van der Waals surface area contributed by atoms with Crippen LogP contribution < -0.4 is 9.64 Å². The zero-order valence-electron chi connectivity index (χ0n) is 16.3. The second-order valence-corrected chi connectivity index (χ2v) is 7.88. The SMILES string of the molecule is CC(C)(O)C1(F)CCN(c2ccc3ncc(-c4cccc(OC(F)(F)F)c4)n3n2)C1. The molecule has 10 heteroatoms. The molecule has 4 rings (SSSR count). The molecule has 0 radical (unpaired) electrons. The van der Waals surface area contributed by atoms with Gasteiger partial charge >= 0.3 is 6.36 Å². The number of halogens is 4. The van der Waals surface area contributed by atoms with E-state index in [0.29, 0.717) is 29.3 Å². The van der Waals surface area contributed by atoms with E-state index in [1.807, 2.05) is 0 Å². The summed E-state index contributed by atoms with van der Waals surface area (Å²) in [5.74, 6) is 0.131. The lowest BCUT2D eigenvalue weighted by atomic mass is 9.87. The number of hydrogen-bond acceptors (Lipinski definition) is 5. The van der Waals surface area contributed by atoms with Crippen LogP contribution in [0.15, 0.2) is 42.6 Å². The third-order valence-corrected chi connectivity index (χ3v) is 5.35. The highest BCUT2D eigenvalue weighted by atomic mass is 19.4. The van der Waals surface area contributed by atoms with E-state index in [0.717, 1.165) is 0 Å². The van der Waals surface area contributed by atoms with Crippen LogP contribution >= 0.6 is 0 Å². The van der Waals surface area contributed by atoms with Gasteiger partial charge in [-0.1, -0.05) is 12.1 Å². The maximum atomic E-state index is 15.1. The normalized spacial score (nSPS) is 20.2. The fraction of sp³-hybridized carbons (Fsp3) is 0.400. The summed E-state index contributed by atoms with van der Waals surface area (Å²) >= 11 is 0. The van der Waals surface area contributed by atoms with Gasteiger partial charge in [-0.05, 0) is 38.1 Å². The number of ether oxygens (including phenoxy) is 1. The number of hydrogen-bond donors (Lipinski definition) is 1. The van der Waals surface area contributed by atoms with Gasteiger partial charge < -0.3 is 14.7 Å². The van der Waals surface area contributed by atoms with E-state index in [4.69, 9.17) is 0 Å². The molecule has 1 atom stereocenters. The van der Waals surface area contributed by atoms with E-state index >= 15 is 4.39 Å². The molecule has 160 valence electrons. The number of anilines is 1. The van der Waals surface area contributed by atoms with Gasteiger partial charge in [0.1, 0.15) is 11.6 Å². The summed E-state index contributed by atoms with van der Waals surface area (Å²) in [6.07, 6.45) is -3.14. The Kier molecular flexibility index (Phi) is 4.64. The van der Waals surface area contributed by atoms with Crippen molar-refractivity contribution >= 4 is 11.5 Å². The molecule has 0 amide bonds. The molecule has 1 aromatic carbocycles. The van der Waals surface area contributed by atoms with Crippen molar-refractivity contribution < 1.29 is 27.4 Å². The first-order chi connectivity index (χ1) is 14.0. The molecule has 1 fully saturated rings. The Morgan fingerprint density at radius 1 is 1.17 bits per heavy atom. The first kappa shape index (κ1) is 20.4. The van der Waals surface area contributed by atoms with Crippen LogP contribution in [0.25, 0.3) is 16.9 Å². The van der Waals surface area contributed by atoms with Gasteiger partial charge in [0.05, 0.1) is 24.0 Å². The highest BCUT2D eigenvalue weighted by Crippen LogP contribution is 2.37. The van der Waals surface area contributed by atoms with Gasteiger partial charge in [0.25, 0.3) is 0 Å². The van der Waals surface area contributed by atoms with E-state index < -0.39 is 17.6 Å². The summed E-state index contributed by atoms with van der Waals surface area (Å²) in [6, 6.07) is 8.93. The second-order valence-electron chi connectivity index (χ2n) is 7.88. The molecule has 1 N–H and O–H groups in total. The summed E-state index contributed by atoms with van der Waals surface area (Å²) in [7, 11) is 0. The Hall–Kier alpha value is -2.88. The minimum Gasteiger partial charge on any atom is -0.406 e. The molecular weight excluding hydrogens is 404 g/mol. The lowest BCUT2D eigenvalue weighted by Gasteiger charge is -2.32. The molecule has 1 unspecified atom stereocenters. The number of nitrogens with zero attached hydrogens (tertiary/aromatic N) is 4. The molecule has 3 aromatic rings. The number of rotatable bonds is 4. The third-order valence-electron chi connectivity index (χ3n) is 5.35. The lowest BCUT2D eigenvalue weighted by molar-refractivity contribution is -0.274. The van der Waals surface area contributed by atoms with Crippen LogP contribution in [0.1, 0.15) is 20.3 Å². The Bertz CT molecular complexity index is 1080. The van der Waals surface area contributed by atoms with Crippen molar-refractivity contribution in [2.75, 3.05) is 18.0 Å². The van der Waals surface area contributed by atoms with Crippen LogP contribution in [0.5, 0.6) is 5.75 Å². The fourth-order valence-corrected chi connectivity index (χ4v) is 3.55. The molecule has 1 aliphatic heterocycles. The van der Waals surface area contributed by atoms with Crippen LogP contribution in [0.3, 0.4) is 0 Å². The van der Waals surface area contributed by atoms with E-state index in [2.05, 4.69) is 14.8 Å². The monoisotopic (exact) mass is 424 g/mol. The van der Waals surface area contributed by atoms with Crippen molar-refractivity contribution in [2.24, 2.45) is 0 Å². The smallest absolute Gasteiger partial charge is 0.406 e. The number of benzene rings is 1. The van der Waals surface area contributed by atoms with Crippen LogP contribution in [-0.2, 0) is 0 Å². The number of fused-ring (bicyclic) bond motifs is 1. The summed E-state index contributed by atoms with van der Waals surface area (Å²) in [6.45, 7) is 3.24. The van der Waals surface area contributed by atoms with Crippen molar-refractivity contribution in [1.82, 2.24) is 14.6 Å². The number of alkyl halides is 4. The summed E-state index contributed by atoms with van der Waals surface area (Å²) in [5, 5.41) is 14.7. The average Bonchev–Trinajstić information content (AvgIpc) is 3.24. The molecule has 0 bridgehead atoms. The highest BCUT2D eigenvalue weighted by Gasteiger charge is 2.49. The number of aliphatic hydroxyl groups is 1. The topological polar surface area (TPSA) is 62.9 Å². The van der Waals surface area contributed by atoms with Crippen LogP contribution in [0, 0.1) is 0 Å². The number of imidazole rings is 1. The van der Waals surface area contributed by atoms with Crippen molar-refractivity contribution in [1.29, 1.82) is 0 Å². The van der Waals surface area contributed by atoms with Gasteiger partial charge in [-0.2, -0.15) is 0 Å². The molecule has 1 saturated heterocycles. The largest absolute Gasteiger partial charge is 0.573 e. The van der Waals surface area contributed by atoms with Crippen molar-refractivity contribution in [3.63, 3.8) is 0 Å². The molecule has 0 saturated carbocycles. The van der Waals surface area contributed by atoms with Crippen molar-refractivity contribution in [2.45, 2.75) is 37.9 Å². The predicted molar refractivity (Wildman–Crippen MR) is 102 cm³/mol. The highest BCUT2D eigenvalue weighted by molar-refractivity contribution is 5.65. The van der Waals surface area contributed by atoms with E-state index in [1.54, 1.807) is 23.1 Å². The van der Waals surface area contributed by atoms with Gasteiger partial charge in [-0.25, -0.2) is 13.9 Å². The maximum absolute atomic E-state index is 15.1. The molecule has 6 nitrogen and oxygen atoms in total. The molecule has 2 aromatic heterocycles. The number of aromatic nitrogens is 3. The van der Waals surface area contributed by atoms with Crippen molar-refractivity contribution in [3.8, 4) is 17.0 Å². The zero-order valence-corrected chi connectivity index (χ0v) is 16.3. The average molecular weight is 424 g/mol. The zero-order chi connectivity index (χ0) is 21.7. The molecule has 0 aliphatic carbocycles. The Labute approximate surface area is 169 Å². The molecule has 30 heavy (non-hydrogen) atoms. The standard InChI is InChI=1S/C20H20F4N4O2/c1-18(2,29)19(21)8-9-27(12-19)17-7-6-16-25-11-15(28(16)26-17)13-4-3-5-14(10-13)30-20(22,23)24/h3-7,10-11,29H,8-9,12H2,1-2H3. The molecule has 0 spiro atoms. The molecule has 1 aliphatic rings. The van der Waals surface area contributed by atoms with Crippen LogP contribution in [-0.4, -0.2) is 50.4 Å². The van der Waals surface area contributed by atoms with Gasteiger partial charge in [0.2, 0.25) is 0 Å². The summed E-state index contributed by atoms with van der Waals surface area (Å²) < 4.78 is 58.2. The molecule has 3 heterocycles. The minimum atomic E-state index is -4.79. The van der Waals surface area contributed by atoms with E-state index in [9.17, 15) is 18.3 Å². The van der Waals surface area contributed by atoms with Gasteiger partial charge in [0.15, 0.2) is 11.3 Å². The third kappa shape index (κ3) is 3.79. The van der Waals surface area contributed by atoms with Crippen LogP contribution in [0.4, 0.5) is 23.4 Å². The second kappa shape index (κ2) is 6.83. The minimum absolute atomic E-state index is 0.0199. The quantitative estimate of drug-likeness (QED) is 0.642. The fourth-order valence-electron chi connectivity index (χ4n) is 3.55. The maximum Gasteiger partial charge on any atom is 0.573 e. The Morgan fingerprint density at radius 3 is 2.60 bits per heavy atom. The van der Waals surface area contributed by atoms with E-state index in [-0.39, 0.29) is 18.7 Å². The molecular formula is C20H20F4N4O2. The summed E-state index contributed by atoms with van der Waals surface area (Å²) in [5.41, 5.74) is -1.88. The summed E-state index contributed by atoms with van der Waals surface area (Å²) in [4.78, 5) is 5.97. The lowest BCUT2D eigenvalue weighted by Crippen LogP contribution is -2.48. The Morgan fingerprint density at radius 2 is 1.93 bits per heavy atom. The first-order valence-corrected chi connectivity index (χ1v) is 9.32. The van der Waals surface area contributed by atoms with Gasteiger partial charge in [-0.3, -0.25) is 0 Å².